The van der Waals surface area contributed by atoms with Crippen LogP contribution >= 0.6 is 11.3 Å². The summed E-state index contributed by atoms with van der Waals surface area (Å²) in [7, 11) is 0. The van der Waals surface area contributed by atoms with Crippen molar-refractivity contribution in [3.63, 3.8) is 0 Å². The van der Waals surface area contributed by atoms with Crippen LogP contribution in [0.5, 0.6) is 0 Å². The number of nitrogens with one attached hydrogen (secondary N) is 1. The molecule has 0 fully saturated rings. The molecule has 0 spiro atoms. The van der Waals surface area contributed by atoms with E-state index in [0.717, 1.165) is 11.4 Å². The van der Waals surface area contributed by atoms with Gasteiger partial charge in [0.25, 0.3) is 0 Å². The average molecular weight is 259 g/mol. The van der Waals surface area contributed by atoms with Crippen LogP contribution in [0.15, 0.2) is 18.5 Å². The normalized spacial score (nSPS) is 11.8. The van der Waals surface area contributed by atoms with Gasteiger partial charge in [0.1, 0.15) is 11.1 Å². The van der Waals surface area contributed by atoms with Crippen molar-refractivity contribution in [1.82, 2.24) is 15.2 Å². The standard InChI is InChI=1S/C12H13N5S/c1-3-10-7-14-12(18-10)8(2)16-11-9(6-13)4-5-15-17-11/h4-5,7-8H,3H2,1-2H3,(H,16,17). The maximum Gasteiger partial charge on any atom is 0.167 e. The zero-order valence-electron chi connectivity index (χ0n) is 10.2. The minimum Gasteiger partial charge on any atom is -0.359 e. The SMILES string of the molecule is CCc1cnc(C(C)Nc2nnccc2C#N)s1. The summed E-state index contributed by atoms with van der Waals surface area (Å²) in [5, 5.41) is 20.8. The van der Waals surface area contributed by atoms with Crippen LogP contribution in [0.2, 0.25) is 0 Å². The highest BCUT2D eigenvalue weighted by Crippen LogP contribution is 2.24. The summed E-state index contributed by atoms with van der Waals surface area (Å²) in [6.07, 6.45) is 4.38. The Labute approximate surface area is 110 Å². The van der Waals surface area contributed by atoms with E-state index in [1.165, 1.54) is 11.1 Å². The molecule has 1 atom stereocenters. The molecule has 18 heavy (non-hydrogen) atoms. The Morgan fingerprint density at radius 2 is 2.39 bits per heavy atom. The Morgan fingerprint density at radius 1 is 1.56 bits per heavy atom. The first-order valence-electron chi connectivity index (χ1n) is 5.67. The molecular weight excluding hydrogens is 246 g/mol. The Morgan fingerprint density at radius 3 is 3.06 bits per heavy atom. The highest BCUT2D eigenvalue weighted by Gasteiger charge is 2.12. The zero-order valence-corrected chi connectivity index (χ0v) is 11.0. The second-order valence-corrected chi connectivity index (χ2v) is 4.94. The van der Waals surface area contributed by atoms with Crippen LogP contribution in [-0.4, -0.2) is 15.2 Å². The highest BCUT2D eigenvalue weighted by molar-refractivity contribution is 7.11. The molecule has 2 rings (SSSR count). The van der Waals surface area contributed by atoms with Gasteiger partial charge in [0, 0.05) is 11.1 Å². The van der Waals surface area contributed by atoms with Crippen LogP contribution in [0.3, 0.4) is 0 Å². The van der Waals surface area contributed by atoms with Gasteiger partial charge < -0.3 is 5.32 Å². The number of nitrogens with zero attached hydrogens (tertiary/aromatic N) is 4. The third-order valence-corrected chi connectivity index (χ3v) is 3.81. The lowest BCUT2D eigenvalue weighted by atomic mass is 10.3. The van der Waals surface area contributed by atoms with Crippen molar-refractivity contribution >= 4 is 17.2 Å². The van der Waals surface area contributed by atoms with Crippen LogP contribution in [0.25, 0.3) is 0 Å². The van der Waals surface area contributed by atoms with E-state index in [1.807, 2.05) is 13.1 Å². The van der Waals surface area contributed by atoms with Gasteiger partial charge in [-0.25, -0.2) is 4.98 Å². The number of nitriles is 1. The number of aryl methyl sites for hydroxylation is 1. The van der Waals surface area contributed by atoms with Crippen LogP contribution in [0.4, 0.5) is 5.82 Å². The molecule has 5 nitrogen and oxygen atoms in total. The van der Waals surface area contributed by atoms with Crippen molar-refractivity contribution in [2.75, 3.05) is 5.32 Å². The zero-order chi connectivity index (χ0) is 13.0. The van der Waals surface area contributed by atoms with Crippen LogP contribution in [-0.2, 0) is 6.42 Å². The van der Waals surface area contributed by atoms with Crippen LogP contribution in [0, 0.1) is 11.3 Å². The molecule has 2 heterocycles. The first kappa shape index (κ1) is 12.5. The molecule has 0 aromatic carbocycles. The number of anilines is 1. The molecule has 1 unspecified atom stereocenters. The summed E-state index contributed by atoms with van der Waals surface area (Å²) < 4.78 is 0. The lowest BCUT2D eigenvalue weighted by Gasteiger charge is -2.11. The van der Waals surface area contributed by atoms with Gasteiger partial charge in [-0.05, 0) is 19.4 Å². The van der Waals surface area contributed by atoms with Crippen molar-refractivity contribution in [2.45, 2.75) is 26.3 Å². The number of thiazole rings is 1. The number of hydrogen-bond donors (Lipinski definition) is 1. The molecule has 1 N–H and O–H groups in total. The molecule has 92 valence electrons. The monoisotopic (exact) mass is 259 g/mol. The summed E-state index contributed by atoms with van der Waals surface area (Å²) in [6.45, 7) is 4.10. The van der Waals surface area contributed by atoms with E-state index in [-0.39, 0.29) is 6.04 Å². The predicted molar refractivity (Wildman–Crippen MR) is 70.3 cm³/mol. The van der Waals surface area contributed by atoms with Crippen molar-refractivity contribution in [1.29, 1.82) is 5.26 Å². The van der Waals surface area contributed by atoms with Crippen molar-refractivity contribution in [3.05, 3.63) is 33.9 Å². The molecule has 2 aromatic rings. The summed E-state index contributed by atoms with van der Waals surface area (Å²) in [6, 6.07) is 3.74. The number of hydrogen-bond acceptors (Lipinski definition) is 6. The number of aromatic nitrogens is 3. The largest absolute Gasteiger partial charge is 0.359 e. The molecule has 0 radical (unpaired) electrons. The lowest BCUT2D eigenvalue weighted by molar-refractivity contribution is 0.847. The fraction of sp³-hybridized carbons (Fsp3) is 0.333. The minimum absolute atomic E-state index is 0.0131. The molecule has 0 aliphatic heterocycles. The van der Waals surface area contributed by atoms with Crippen molar-refractivity contribution in [3.8, 4) is 6.07 Å². The predicted octanol–water partition coefficient (Wildman–Crippen LogP) is 2.54. The molecular formula is C12H13N5S. The molecule has 0 aliphatic rings. The van der Waals surface area contributed by atoms with E-state index in [0.29, 0.717) is 11.4 Å². The van der Waals surface area contributed by atoms with Gasteiger partial charge in [0.05, 0.1) is 17.8 Å². The fourth-order valence-electron chi connectivity index (χ4n) is 1.48. The van der Waals surface area contributed by atoms with Gasteiger partial charge in [-0.1, -0.05) is 6.92 Å². The Kier molecular flexibility index (Phi) is 3.85. The maximum absolute atomic E-state index is 8.97. The fourth-order valence-corrected chi connectivity index (χ4v) is 2.34. The quantitative estimate of drug-likeness (QED) is 0.913. The maximum atomic E-state index is 8.97. The summed E-state index contributed by atoms with van der Waals surface area (Å²) in [5.74, 6) is 0.501. The van der Waals surface area contributed by atoms with E-state index in [9.17, 15) is 0 Å². The minimum atomic E-state index is 0.0131. The van der Waals surface area contributed by atoms with Gasteiger partial charge in [-0.3, -0.25) is 0 Å². The van der Waals surface area contributed by atoms with Crippen molar-refractivity contribution in [2.24, 2.45) is 0 Å². The van der Waals surface area contributed by atoms with E-state index < -0.39 is 0 Å². The molecule has 0 aliphatic carbocycles. The van der Waals surface area contributed by atoms with Crippen LogP contribution in [0.1, 0.15) is 35.3 Å². The second-order valence-electron chi connectivity index (χ2n) is 3.79. The highest BCUT2D eigenvalue weighted by atomic mass is 32.1. The summed E-state index contributed by atoms with van der Waals surface area (Å²) >= 11 is 1.67. The van der Waals surface area contributed by atoms with Gasteiger partial charge in [-0.2, -0.15) is 10.4 Å². The number of rotatable bonds is 4. The molecule has 0 saturated carbocycles. The molecule has 6 heteroatoms. The molecule has 0 bridgehead atoms. The Balaban J connectivity index is 2.16. The van der Waals surface area contributed by atoms with E-state index >= 15 is 0 Å². The molecule has 0 saturated heterocycles. The second kappa shape index (κ2) is 5.56. The topological polar surface area (TPSA) is 74.5 Å². The first-order chi connectivity index (χ1) is 8.74. The smallest absolute Gasteiger partial charge is 0.167 e. The van der Waals surface area contributed by atoms with Gasteiger partial charge in [0.15, 0.2) is 5.82 Å². The Hall–Kier alpha value is -2.00. The van der Waals surface area contributed by atoms with E-state index in [2.05, 4.69) is 33.5 Å². The average Bonchev–Trinajstić information content (AvgIpc) is 2.88. The third-order valence-electron chi connectivity index (χ3n) is 2.48. The van der Waals surface area contributed by atoms with E-state index in [1.54, 1.807) is 17.4 Å². The third kappa shape index (κ3) is 2.63. The van der Waals surface area contributed by atoms with Crippen LogP contribution < -0.4 is 5.32 Å². The lowest BCUT2D eigenvalue weighted by Crippen LogP contribution is -2.09. The Bertz CT molecular complexity index is 572. The van der Waals surface area contributed by atoms with Crippen molar-refractivity contribution < 1.29 is 0 Å². The van der Waals surface area contributed by atoms with Gasteiger partial charge in [0.2, 0.25) is 0 Å². The van der Waals surface area contributed by atoms with Gasteiger partial charge >= 0.3 is 0 Å². The molecule has 0 amide bonds. The van der Waals surface area contributed by atoms with E-state index in [4.69, 9.17) is 5.26 Å². The summed E-state index contributed by atoms with van der Waals surface area (Å²) in [5.41, 5.74) is 0.490. The first-order valence-corrected chi connectivity index (χ1v) is 6.49. The van der Waals surface area contributed by atoms with Gasteiger partial charge in [-0.15, -0.1) is 16.4 Å². The molecule has 2 aromatic heterocycles. The summed E-state index contributed by atoms with van der Waals surface area (Å²) in [4.78, 5) is 5.61.